The average molecular weight is 413 g/mol. The molecule has 0 spiro atoms. The second-order valence-corrected chi connectivity index (χ2v) is 6.08. The summed E-state index contributed by atoms with van der Waals surface area (Å²) in [6.07, 6.45) is 3.61. The van der Waals surface area contributed by atoms with Gasteiger partial charge in [-0.15, -0.1) is 24.8 Å². The van der Waals surface area contributed by atoms with Gasteiger partial charge in [0.25, 0.3) is 5.91 Å². The molecule has 1 N–H and O–H groups in total. The number of benzene rings is 1. The van der Waals surface area contributed by atoms with Crippen LogP contribution in [0.1, 0.15) is 10.4 Å². The van der Waals surface area contributed by atoms with E-state index in [1.165, 1.54) is 12.1 Å². The van der Waals surface area contributed by atoms with Crippen LogP contribution in [-0.2, 0) is 7.05 Å². The lowest BCUT2D eigenvalue weighted by atomic mass is 10.0. The molecule has 0 bridgehead atoms. The zero-order valence-corrected chi connectivity index (χ0v) is 17.0. The van der Waals surface area contributed by atoms with Crippen molar-refractivity contribution in [3.05, 3.63) is 54.1 Å². The number of fused-ring (bicyclic) bond motifs is 1. The number of nitrogens with zero attached hydrogens (tertiary/aromatic N) is 3. The summed E-state index contributed by atoms with van der Waals surface area (Å²) in [7, 11) is 5.45. The molecular formula is C19H23Cl2FN4O. The third kappa shape index (κ3) is 4.77. The van der Waals surface area contributed by atoms with Gasteiger partial charge in [0.05, 0.1) is 0 Å². The molecule has 0 saturated heterocycles. The standard InChI is InChI=1S/C19H21FN4O.2ClH/c1-21-7-9-24(3)19(25)14-10-13(11-15(20)12-14)16-4-6-22-18-17(16)5-8-23(18)2;;/h4-6,8,10-12,21H,7,9H2,1-3H3;2*1H. The molecular weight excluding hydrogens is 390 g/mol. The van der Waals surface area contributed by atoms with Crippen LogP contribution in [0.5, 0.6) is 0 Å². The molecule has 3 aromatic rings. The van der Waals surface area contributed by atoms with Crippen molar-refractivity contribution >= 4 is 41.8 Å². The van der Waals surface area contributed by atoms with Gasteiger partial charge in [0.2, 0.25) is 0 Å². The number of halogens is 3. The zero-order valence-electron chi connectivity index (χ0n) is 15.4. The highest BCUT2D eigenvalue weighted by molar-refractivity contribution is 5.98. The fourth-order valence-electron chi connectivity index (χ4n) is 2.89. The summed E-state index contributed by atoms with van der Waals surface area (Å²) in [5.74, 6) is -0.627. The Labute approximate surface area is 170 Å². The highest BCUT2D eigenvalue weighted by atomic mass is 35.5. The van der Waals surface area contributed by atoms with Crippen LogP contribution in [-0.4, -0.2) is 47.5 Å². The quantitative estimate of drug-likeness (QED) is 0.697. The average Bonchev–Trinajstić information content (AvgIpc) is 2.99. The first-order valence-electron chi connectivity index (χ1n) is 8.12. The molecule has 2 aromatic heterocycles. The zero-order chi connectivity index (χ0) is 18.0. The number of pyridine rings is 1. The van der Waals surface area contributed by atoms with Crippen LogP contribution in [0, 0.1) is 5.82 Å². The molecule has 5 nitrogen and oxygen atoms in total. The number of rotatable bonds is 5. The van der Waals surface area contributed by atoms with Crippen molar-refractivity contribution in [3.63, 3.8) is 0 Å². The topological polar surface area (TPSA) is 50.2 Å². The third-order valence-corrected chi connectivity index (χ3v) is 4.27. The molecule has 146 valence electrons. The predicted molar refractivity (Wildman–Crippen MR) is 111 cm³/mol. The van der Waals surface area contributed by atoms with Crippen molar-refractivity contribution in [3.8, 4) is 11.1 Å². The van der Waals surface area contributed by atoms with Crippen LogP contribution in [0.2, 0.25) is 0 Å². The van der Waals surface area contributed by atoms with Crippen molar-refractivity contribution in [2.45, 2.75) is 0 Å². The first kappa shape index (κ1) is 22.9. The smallest absolute Gasteiger partial charge is 0.253 e. The van der Waals surface area contributed by atoms with Gasteiger partial charge < -0.3 is 14.8 Å². The summed E-state index contributed by atoms with van der Waals surface area (Å²) in [5.41, 5.74) is 2.69. The van der Waals surface area contributed by atoms with E-state index in [-0.39, 0.29) is 30.7 Å². The van der Waals surface area contributed by atoms with E-state index in [0.29, 0.717) is 24.2 Å². The van der Waals surface area contributed by atoms with Gasteiger partial charge in [0.15, 0.2) is 0 Å². The number of carbonyl (C=O) groups excluding carboxylic acids is 1. The maximum absolute atomic E-state index is 14.2. The summed E-state index contributed by atoms with van der Waals surface area (Å²) < 4.78 is 16.1. The summed E-state index contributed by atoms with van der Waals surface area (Å²) in [6, 6.07) is 8.26. The number of amides is 1. The Hall–Kier alpha value is -2.15. The first-order valence-corrected chi connectivity index (χ1v) is 8.12. The highest BCUT2D eigenvalue weighted by Crippen LogP contribution is 2.29. The van der Waals surface area contributed by atoms with Gasteiger partial charge in [0.1, 0.15) is 11.5 Å². The van der Waals surface area contributed by atoms with Crippen LogP contribution < -0.4 is 5.32 Å². The Kier molecular flexibility index (Phi) is 8.21. The molecule has 0 aliphatic carbocycles. The van der Waals surface area contributed by atoms with Crippen LogP contribution in [0.4, 0.5) is 4.39 Å². The summed E-state index contributed by atoms with van der Waals surface area (Å²) >= 11 is 0. The van der Waals surface area contributed by atoms with Gasteiger partial charge in [-0.2, -0.15) is 0 Å². The molecule has 0 aliphatic heterocycles. The van der Waals surface area contributed by atoms with E-state index in [1.54, 1.807) is 24.2 Å². The number of hydrogen-bond acceptors (Lipinski definition) is 3. The number of aromatic nitrogens is 2. The van der Waals surface area contributed by atoms with Crippen LogP contribution in [0.3, 0.4) is 0 Å². The second kappa shape index (κ2) is 9.69. The monoisotopic (exact) mass is 412 g/mol. The lowest BCUT2D eigenvalue weighted by Gasteiger charge is -2.17. The van der Waals surface area contributed by atoms with Crippen molar-refractivity contribution in [1.82, 2.24) is 19.8 Å². The number of likely N-dealkylation sites (N-methyl/N-ethyl adjacent to an activating group) is 2. The normalized spacial score (nSPS) is 10.2. The Balaban J connectivity index is 0.00000182. The molecule has 1 aromatic carbocycles. The Bertz CT molecular complexity index is 929. The molecule has 0 aliphatic rings. The lowest BCUT2D eigenvalue weighted by molar-refractivity contribution is 0.0796. The molecule has 1 amide bonds. The fraction of sp³-hybridized carbons (Fsp3) is 0.263. The summed E-state index contributed by atoms with van der Waals surface area (Å²) in [5, 5.41) is 3.93. The van der Waals surface area contributed by atoms with Crippen molar-refractivity contribution < 1.29 is 9.18 Å². The number of hydrogen-bond donors (Lipinski definition) is 1. The van der Waals surface area contributed by atoms with Crippen LogP contribution >= 0.6 is 24.8 Å². The summed E-state index contributed by atoms with van der Waals surface area (Å²) in [4.78, 5) is 18.5. The van der Waals surface area contributed by atoms with E-state index in [2.05, 4.69) is 10.3 Å². The second-order valence-electron chi connectivity index (χ2n) is 6.08. The van der Waals surface area contributed by atoms with E-state index in [9.17, 15) is 9.18 Å². The van der Waals surface area contributed by atoms with E-state index >= 15 is 0 Å². The molecule has 8 heteroatoms. The number of carbonyl (C=O) groups is 1. The largest absolute Gasteiger partial charge is 0.340 e. The Morgan fingerprint density at radius 1 is 1.26 bits per heavy atom. The van der Waals surface area contributed by atoms with Gasteiger partial charge in [0, 0.05) is 50.5 Å². The lowest BCUT2D eigenvalue weighted by Crippen LogP contribution is -2.32. The molecule has 0 fully saturated rings. The minimum atomic E-state index is -0.427. The Morgan fingerprint density at radius 3 is 2.70 bits per heavy atom. The van der Waals surface area contributed by atoms with Crippen molar-refractivity contribution in [2.75, 3.05) is 27.2 Å². The van der Waals surface area contributed by atoms with Gasteiger partial charge in [-0.1, -0.05) is 0 Å². The van der Waals surface area contributed by atoms with Crippen LogP contribution in [0.15, 0.2) is 42.7 Å². The molecule has 2 heterocycles. The molecule has 0 atom stereocenters. The number of nitrogens with one attached hydrogen (secondary N) is 1. The molecule has 3 rings (SSSR count). The summed E-state index contributed by atoms with van der Waals surface area (Å²) in [6.45, 7) is 1.23. The van der Waals surface area contributed by atoms with E-state index in [4.69, 9.17) is 0 Å². The first-order chi connectivity index (χ1) is 12.0. The maximum Gasteiger partial charge on any atom is 0.253 e. The predicted octanol–water partition coefficient (Wildman–Crippen LogP) is 3.51. The molecule has 0 unspecified atom stereocenters. The Morgan fingerprint density at radius 2 is 2.00 bits per heavy atom. The van der Waals surface area contributed by atoms with Gasteiger partial charge in [-0.05, 0) is 48.5 Å². The van der Waals surface area contributed by atoms with Crippen molar-refractivity contribution in [1.29, 1.82) is 0 Å². The minimum absolute atomic E-state index is 0. The molecule has 27 heavy (non-hydrogen) atoms. The molecule has 0 radical (unpaired) electrons. The minimum Gasteiger partial charge on any atom is -0.340 e. The maximum atomic E-state index is 14.2. The number of aryl methyl sites for hydroxylation is 1. The van der Waals surface area contributed by atoms with Crippen molar-refractivity contribution in [2.24, 2.45) is 7.05 Å². The highest BCUT2D eigenvalue weighted by Gasteiger charge is 2.15. The fourth-order valence-corrected chi connectivity index (χ4v) is 2.89. The van der Waals surface area contributed by atoms with Gasteiger partial charge in [-0.25, -0.2) is 9.37 Å². The third-order valence-electron chi connectivity index (χ3n) is 4.27. The van der Waals surface area contributed by atoms with Gasteiger partial charge >= 0.3 is 0 Å². The SMILES string of the molecule is CNCCN(C)C(=O)c1cc(F)cc(-c2ccnc3c2ccn3C)c1.Cl.Cl. The van der Waals surface area contributed by atoms with E-state index in [0.717, 1.165) is 16.6 Å². The van der Waals surface area contributed by atoms with E-state index in [1.807, 2.05) is 37.0 Å². The van der Waals surface area contributed by atoms with Crippen LogP contribution in [0.25, 0.3) is 22.2 Å². The molecule has 0 saturated carbocycles. The van der Waals surface area contributed by atoms with Gasteiger partial charge in [-0.3, -0.25) is 4.79 Å². The van der Waals surface area contributed by atoms with E-state index < -0.39 is 5.82 Å².